The van der Waals surface area contributed by atoms with E-state index in [4.69, 9.17) is 4.74 Å². The molecule has 4 rings (SSSR count). The van der Waals surface area contributed by atoms with Crippen LogP contribution in [0.3, 0.4) is 0 Å². The molecule has 3 aromatic rings. The van der Waals surface area contributed by atoms with E-state index in [9.17, 15) is 14.3 Å². The SMILES string of the molecule is C=CCNCC(Cc1ccc(C#Cc2ccc(CN3CCOCC3)cc2F)cc1)c1nc[nH]c(=O)c1O. The van der Waals surface area contributed by atoms with Crippen LogP contribution in [0.1, 0.15) is 33.9 Å². The van der Waals surface area contributed by atoms with E-state index >= 15 is 0 Å². The number of morpholine rings is 1. The number of H-pyrrole nitrogens is 1. The predicted molar refractivity (Wildman–Crippen MR) is 141 cm³/mol. The summed E-state index contributed by atoms with van der Waals surface area (Å²) in [6, 6.07) is 12.9. The maximum Gasteiger partial charge on any atom is 0.293 e. The second-order valence-electron chi connectivity index (χ2n) is 8.96. The molecule has 1 atom stereocenters. The van der Waals surface area contributed by atoms with Crippen LogP contribution in [-0.4, -0.2) is 59.4 Å². The fourth-order valence-electron chi connectivity index (χ4n) is 4.25. The summed E-state index contributed by atoms with van der Waals surface area (Å²) < 4.78 is 20.0. The molecule has 0 spiro atoms. The van der Waals surface area contributed by atoms with Crippen LogP contribution in [0, 0.1) is 17.7 Å². The Morgan fingerprint density at radius 3 is 2.68 bits per heavy atom. The largest absolute Gasteiger partial charge is 0.502 e. The van der Waals surface area contributed by atoms with Crippen LogP contribution in [-0.2, 0) is 17.7 Å². The van der Waals surface area contributed by atoms with Crippen LogP contribution in [0.25, 0.3) is 0 Å². The van der Waals surface area contributed by atoms with Crippen molar-refractivity contribution in [2.75, 3.05) is 39.4 Å². The minimum absolute atomic E-state index is 0.218. The molecule has 0 saturated carbocycles. The standard InChI is InChI=1S/C29H31FN4O3/c1-2-11-31-18-25(27-28(35)29(36)33-20-32-27)16-22-5-3-21(4-6-22)7-9-24-10-8-23(17-26(24)30)19-34-12-14-37-15-13-34/h2-6,8,10,17,20,25,31,35H,1,11-16,18-19H2,(H,32,33,36). The topological polar surface area (TPSA) is 90.5 Å². The van der Waals surface area contributed by atoms with E-state index < -0.39 is 5.56 Å². The van der Waals surface area contributed by atoms with Crippen molar-refractivity contribution in [1.29, 1.82) is 0 Å². The predicted octanol–water partition coefficient (Wildman–Crippen LogP) is 2.95. The van der Waals surface area contributed by atoms with E-state index in [0.717, 1.165) is 29.8 Å². The van der Waals surface area contributed by atoms with Crippen molar-refractivity contribution in [2.45, 2.75) is 18.9 Å². The molecule has 2 heterocycles. The molecule has 3 N–H and O–H groups in total. The van der Waals surface area contributed by atoms with Crippen molar-refractivity contribution in [1.82, 2.24) is 20.2 Å². The van der Waals surface area contributed by atoms with Gasteiger partial charge in [-0.2, -0.15) is 0 Å². The van der Waals surface area contributed by atoms with Crippen LogP contribution in [0.5, 0.6) is 5.75 Å². The van der Waals surface area contributed by atoms with Crippen LogP contribution < -0.4 is 10.9 Å². The zero-order valence-electron chi connectivity index (χ0n) is 20.7. The normalized spacial score (nSPS) is 14.5. The highest BCUT2D eigenvalue weighted by atomic mass is 19.1. The van der Waals surface area contributed by atoms with Crippen LogP contribution in [0.4, 0.5) is 4.39 Å². The Hall–Kier alpha value is -3.77. The van der Waals surface area contributed by atoms with Crippen molar-refractivity contribution in [3.05, 3.63) is 106 Å². The van der Waals surface area contributed by atoms with Gasteiger partial charge in [0, 0.05) is 44.2 Å². The molecule has 1 aliphatic rings. The molecule has 7 nitrogen and oxygen atoms in total. The van der Waals surface area contributed by atoms with Gasteiger partial charge in [-0.05, 0) is 41.8 Å². The first kappa shape index (κ1) is 26.3. The summed E-state index contributed by atoms with van der Waals surface area (Å²) in [4.78, 5) is 20.7. The summed E-state index contributed by atoms with van der Waals surface area (Å²) in [5.41, 5.74) is 2.82. The number of aromatic nitrogens is 2. The van der Waals surface area contributed by atoms with Crippen molar-refractivity contribution < 1.29 is 14.2 Å². The van der Waals surface area contributed by atoms with Gasteiger partial charge in [-0.1, -0.05) is 36.1 Å². The number of halogens is 1. The maximum absolute atomic E-state index is 14.7. The van der Waals surface area contributed by atoms with Crippen molar-refractivity contribution in [3.63, 3.8) is 0 Å². The zero-order chi connectivity index (χ0) is 26.0. The monoisotopic (exact) mass is 502 g/mol. The van der Waals surface area contributed by atoms with Crippen molar-refractivity contribution >= 4 is 0 Å². The Morgan fingerprint density at radius 2 is 1.95 bits per heavy atom. The Kier molecular flexibility index (Phi) is 9.22. The summed E-state index contributed by atoms with van der Waals surface area (Å²) in [5.74, 6) is 5.06. The van der Waals surface area contributed by atoms with E-state index in [0.29, 0.717) is 50.5 Å². The molecular weight excluding hydrogens is 471 g/mol. The lowest BCUT2D eigenvalue weighted by atomic mass is 9.94. The summed E-state index contributed by atoms with van der Waals surface area (Å²) in [6.45, 7) is 8.64. The molecule has 1 unspecified atom stereocenters. The Morgan fingerprint density at radius 1 is 1.19 bits per heavy atom. The highest BCUT2D eigenvalue weighted by Crippen LogP contribution is 2.24. The van der Waals surface area contributed by atoms with E-state index in [1.54, 1.807) is 18.2 Å². The number of rotatable bonds is 9. The molecule has 0 radical (unpaired) electrons. The number of aromatic amines is 1. The smallest absolute Gasteiger partial charge is 0.293 e. The van der Waals surface area contributed by atoms with Gasteiger partial charge >= 0.3 is 0 Å². The molecule has 0 amide bonds. The summed E-state index contributed by atoms with van der Waals surface area (Å²) >= 11 is 0. The molecule has 8 heteroatoms. The number of hydrogen-bond acceptors (Lipinski definition) is 6. The number of nitrogens with zero attached hydrogens (tertiary/aromatic N) is 2. The Bertz CT molecular complexity index is 1320. The third-order valence-electron chi connectivity index (χ3n) is 6.24. The molecule has 0 aliphatic carbocycles. The average Bonchev–Trinajstić information content (AvgIpc) is 2.91. The quantitative estimate of drug-likeness (QED) is 0.237. The van der Waals surface area contributed by atoms with E-state index in [1.807, 2.05) is 30.3 Å². The Balaban J connectivity index is 1.43. The maximum atomic E-state index is 14.7. The van der Waals surface area contributed by atoms with Gasteiger partial charge in [-0.15, -0.1) is 6.58 Å². The van der Waals surface area contributed by atoms with Crippen molar-refractivity contribution in [3.8, 4) is 17.6 Å². The summed E-state index contributed by atoms with van der Waals surface area (Å²) in [6.07, 6.45) is 3.60. The number of benzene rings is 2. The molecule has 1 aromatic heterocycles. The van der Waals surface area contributed by atoms with Crippen molar-refractivity contribution in [2.24, 2.45) is 0 Å². The fourth-order valence-corrected chi connectivity index (χ4v) is 4.25. The van der Waals surface area contributed by atoms with Crippen LogP contribution in [0.15, 0.2) is 66.2 Å². The molecule has 192 valence electrons. The van der Waals surface area contributed by atoms with Gasteiger partial charge in [0.25, 0.3) is 5.56 Å². The lowest BCUT2D eigenvalue weighted by molar-refractivity contribution is 0.0341. The first-order chi connectivity index (χ1) is 18.0. The average molecular weight is 503 g/mol. The third-order valence-corrected chi connectivity index (χ3v) is 6.24. The zero-order valence-corrected chi connectivity index (χ0v) is 20.7. The van der Waals surface area contributed by atoms with Gasteiger partial charge < -0.3 is 20.1 Å². The number of aromatic hydroxyl groups is 1. The fraction of sp³-hybridized carbons (Fsp3) is 0.310. The van der Waals surface area contributed by atoms with Gasteiger partial charge in [0.1, 0.15) is 5.82 Å². The summed E-state index contributed by atoms with van der Waals surface area (Å²) in [7, 11) is 0. The van der Waals surface area contributed by atoms with Gasteiger partial charge in [0.15, 0.2) is 0 Å². The van der Waals surface area contributed by atoms with Gasteiger partial charge in [-0.3, -0.25) is 9.69 Å². The minimum atomic E-state index is -0.564. The van der Waals surface area contributed by atoms with Crippen LogP contribution in [0.2, 0.25) is 0 Å². The van der Waals surface area contributed by atoms with Crippen LogP contribution >= 0.6 is 0 Å². The van der Waals surface area contributed by atoms with E-state index in [2.05, 4.69) is 38.6 Å². The third kappa shape index (κ3) is 7.37. The molecule has 0 bridgehead atoms. The molecule has 2 aromatic carbocycles. The lowest BCUT2D eigenvalue weighted by Gasteiger charge is -2.26. The highest BCUT2D eigenvalue weighted by molar-refractivity contribution is 5.45. The molecule has 37 heavy (non-hydrogen) atoms. The first-order valence-corrected chi connectivity index (χ1v) is 12.3. The van der Waals surface area contributed by atoms with Gasteiger partial charge in [0.05, 0.1) is 30.8 Å². The number of hydrogen-bond donors (Lipinski definition) is 3. The minimum Gasteiger partial charge on any atom is -0.502 e. The van der Waals surface area contributed by atoms with E-state index in [-0.39, 0.29) is 17.5 Å². The second kappa shape index (κ2) is 13.0. The lowest BCUT2D eigenvalue weighted by Crippen LogP contribution is -2.35. The first-order valence-electron chi connectivity index (χ1n) is 12.3. The second-order valence-corrected chi connectivity index (χ2v) is 8.96. The Labute approximate surface area is 216 Å². The molecule has 1 saturated heterocycles. The molecule has 1 fully saturated rings. The van der Waals surface area contributed by atoms with E-state index in [1.165, 1.54) is 6.33 Å². The van der Waals surface area contributed by atoms with Gasteiger partial charge in [0.2, 0.25) is 5.75 Å². The highest BCUT2D eigenvalue weighted by Gasteiger charge is 2.19. The van der Waals surface area contributed by atoms with Gasteiger partial charge in [-0.25, -0.2) is 9.37 Å². The molecule has 1 aliphatic heterocycles. The number of ether oxygens (including phenoxy) is 1. The molecular formula is C29H31FN4O3. The number of nitrogens with one attached hydrogen (secondary N) is 2. The summed E-state index contributed by atoms with van der Waals surface area (Å²) in [5, 5.41) is 13.5.